The number of rotatable bonds is 3. The zero-order valence-electron chi connectivity index (χ0n) is 9.77. The van der Waals surface area contributed by atoms with Crippen LogP contribution in [0.3, 0.4) is 0 Å². The molecule has 2 rings (SSSR count). The van der Waals surface area contributed by atoms with Gasteiger partial charge in [0.15, 0.2) is 0 Å². The van der Waals surface area contributed by atoms with Crippen molar-refractivity contribution < 1.29 is 9.53 Å². The molecule has 2 nitrogen and oxygen atoms in total. The summed E-state index contributed by atoms with van der Waals surface area (Å²) in [4.78, 5) is 12.5. The van der Waals surface area contributed by atoms with Crippen LogP contribution in [0.15, 0.2) is 56.3 Å². The molecule has 0 radical (unpaired) electrons. The van der Waals surface area contributed by atoms with E-state index in [0.29, 0.717) is 10.5 Å². The summed E-state index contributed by atoms with van der Waals surface area (Å²) in [6.45, 7) is 0.226. The largest absolute Gasteiger partial charge is 0.457 e. The molecule has 0 aromatic heterocycles. The molecule has 2 aromatic carbocycles. The first-order chi connectivity index (χ1) is 9.08. The molecule has 2 aromatic rings. The minimum atomic E-state index is -0.381. The Morgan fingerprint density at radius 3 is 2.58 bits per heavy atom. The summed E-state index contributed by atoms with van der Waals surface area (Å²) >= 11 is 11.0. The number of benzene rings is 2. The minimum absolute atomic E-state index is 0.226. The van der Waals surface area contributed by atoms with E-state index in [2.05, 4.69) is 44.5 Å². The third kappa shape index (κ3) is 3.84. The van der Waals surface area contributed by atoms with E-state index in [1.807, 2.05) is 24.3 Å². The van der Waals surface area contributed by atoms with Gasteiger partial charge < -0.3 is 4.74 Å². The second kappa shape index (κ2) is 6.59. The van der Waals surface area contributed by atoms with Crippen molar-refractivity contribution in [1.82, 2.24) is 0 Å². The van der Waals surface area contributed by atoms with E-state index < -0.39 is 0 Å². The maximum Gasteiger partial charge on any atom is 0.339 e. The van der Waals surface area contributed by atoms with Crippen LogP contribution in [-0.2, 0) is 11.3 Å². The van der Waals surface area contributed by atoms with E-state index in [-0.39, 0.29) is 12.6 Å². The Labute approximate surface area is 133 Å². The fraction of sp³-hybridized carbons (Fsp3) is 0.0714. The molecule has 19 heavy (non-hydrogen) atoms. The van der Waals surface area contributed by atoms with Gasteiger partial charge in [0.05, 0.1) is 5.56 Å². The molecule has 0 aliphatic rings. The Morgan fingerprint density at radius 1 is 1.16 bits per heavy atom. The Morgan fingerprint density at radius 2 is 1.89 bits per heavy atom. The maximum atomic E-state index is 12.0. The van der Waals surface area contributed by atoms with E-state index in [1.54, 1.807) is 18.2 Å². The molecule has 0 spiro atoms. The normalized spacial score (nSPS) is 10.3. The summed E-state index contributed by atoms with van der Waals surface area (Å²) in [5, 5.41) is 0. The van der Waals surface area contributed by atoms with Crippen molar-refractivity contribution in [2.24, 2.45) is 0 Å². The summed E-state index contributed by atoms with van der Waals surface area (Å²) < 4.78 is 7.08. The minimum Gasteiger partial charge on any atom is -0.457 e. The SMILES string of the molecule is O=C(OCc1ccccc1Br)c1ccc(Br)cc1S. The Balaban J connectivity index is 2.08. The lowest BCUT2D eigenvalue weighted by Gasteiger charge is -2.08. The zero-order valence-corrected chi connectivity index (χ0v) is 13.8. The van der Waals surface area contributed by atoms with Crippen LogP contribution < -0.4 is 0 Å². The van der Waals surface area contributed by atoms with Crippen LogP contribution in [-0.4, -0.2) is 5.97 Å². The van der Waals surface area contributed by atoms with Gasteiger partial charge in [-0.25, -0.2) is 4.79 Å². The van der Waals surface area contributed by atoms with E-state index in [4.69, 9.17) is 4.74 Å². The van der Waals surface area contributed by atoms with Gasteiger partial charge in [-0.2, -0.15) is 0 Å². The molecule has 0 saturated carbocycles. The average molecular weight is 402 g/mol. The summed E-state index contributed by atoms with van der Waals surface area (Å²) in [6, 6.07) is 12.9. The topological polar surface area (TPSA) is 26.3 Å². The fourth-order valence-electron chi connectivity index (χ4n) is 1.51. The molecular weight excluding hydrogens is 392 g/mol. The molecule has 98 valence electrons. The highest BCUT2D eigenvalue weighted by molar-refractivity contribution is 9.10. The van der Waals surface area contributed by atoms with E-state index >= 15 is 0 Å². The van der Waals surface area contributed by atoms with Gasteiger partial charge in [-0.3, -0.25) is 0 Å². The van der Waals surface area contributed by atoms with Crippen LogP contribution in [0.2, 0.25) is 0 Å². The maximum absolute atomic E-state index is 12.0. The molecule has 0 atom stereocenters. The van der Waals surface area contributed by atoms with Gasteiger partial charge in [-0.15, -0.1) is 12.6 Å². The average Bonchev–Trinajstić information content (AvgIpc) is 2.37. The van der Waals surface area contributed by atoms with E-state index in [9.17, 15) is 4.79 Å². The first kappa shape index (κ1) is 14.6. The second-order valence-electron chi connectivity index (χ2n) is 3.83. The van der Waals surface area contributed by atoms with Crippen molar-refractivity contribution in [3.63, 3.8) is 0 Å². The van der Waals surface area contributed by atoms with Crippen molar-refractivity contribution in [2.75, 3.05) is 0 Å². The lowest BCUT2D eigenvalue weighted by Crippen LogP contribution is -2.06. The second-order valence-corrected chi connectivity index (χ2v) is 6.08. The smallest absolute Gasteiger partial charge is 0.339 e. The van der Waals surface area contributed by atoms with E-state index in [0.717, 1.165) is 14.5 Å². The zero-order chi connectivity index (χ0) is 13.8. The predicted octanol–water partition coefficient (Wildman–Crippen LogP) is 4.86. The molecule has 0 unspecified atom stereocenters. The van der Waals surface area contributed by atoms with Gasteiger partial charge >= 0.3 is 5.97 Å². The number of halogens is 2. The van der Waals surface area contributed by atoms with Crippen molar-refractivity contribution in [1.29, 1.82) is 0 Å². The van der Waals surface area contributed by atoms with Gasteiger partial charge in [0.1, 0.15) is 6.61 Å². The fourth-order valence-corrected chi connectivity index (χ4v) is 2.76. The number of hydrogen-bond acceptors (Lipinski definition) is 3. The quantitative estimate of drug-likeness (QED) is 0.587. The van der Waals surface area contributed by atoms with Crippen LogP contribution in [0.1, 0.15) is 15.9 Å². The van der Waals surface area contributed by atoms with Crippen molar-refractivity contribution in [3.8, 4) is 0 Å². The molecule has 0 aliphatic carbocycles. The highest BCUT2D eigenvalue weighted by Gasteiger charge is 2.12. The highest BCUT2D eigenvalue weighted by atomic mass is 79.9. The van der Waals surface area contributed by atoms with Gasteiger partial charge in [0.2, 0.25) is 0 Å². The molecule has 0 amide bonds. The molecule has 0 aliphatic heterocycles. The Hall–Kier alpha value is -0.780. The molecule has 0 fully saturated rings. The van der Waals surface area contributed by atoms with Crippen LogP contribution in [0, 0.1) is 0 Å². The number of ether oxygens (including phenoxy) is 1. The predicted molar refractivity (Wildman–Crippen MR) is 84.7 cm³/mol. The Kier molecular flexibility index (Phi) is 5.07. The van der Waals surface area contributed by atoms with Crippen LogP contribution in [0.4, 0.5) is 0 Å². The van der Waals surface area contributed by atoms with Gasteiger partial charge in [-0.1, -0.05) is 50.1 Å². The molecule has 0 bridgehead atoms. The first-order valence-corrected chi connectivity index (χ1v) is 7.50. The number of carbonyl (C=O) groups excluding carboxylic acids is 1. The standard InChI is InChI=1S/C14H10Br2O2S/c15-10-5-6-11(13(19)7-10)14(17)18-8-9-3-1-2-4-12(9)16/h1-7,19H,8H2. The molecule has 5 heteroatoms. The van der Waals surface area contributed by atoms with Crippen LogP contribution in [0.5, 0.6) is 0 Å². The molecule has 0 saturated heterocycles. The van der Waals surface area contributed by atoms with Gasteiger partial charge in [0, 0.05) is 19.4 Å². The number of thiol groups is 1. The summed E-state index contributed by atoms with van der Waals surface area (Å²) in [5.74, 6) is -0.381. The Bertz CT molecular complexity index is 614. The lowest BCUT2D eigenvalue weighted by atomic mass is 10.2. The lowest BCUT2D eigenvalue weighted by molar-refractivity contribution is 0.0468. The summed E-state index contributed by atoms with van der Waals surface area (Å²) in [5.41, 5.74) is 1.38. The molecular formula is C14H10Br2O2S. The van der Waals surface area contributed by atoms with E-state index in [1.165, 1.54) is 0 Å². The van der Waals surface area contributed by atoms with Crippen LogP contribution >= 0.6 is 44.5 Å². The molecule has 0 heterocycles. The molecule has 0 N–H and O–H groups in total. The number of hydrogen-bond donors (Lipinski definition) is 1. The third-order valence-electron chi connectivity index (χ3n) is 2.50. The number of carbonyl (C=O) groups is 1. The monoisotopic (exact) mass is 400 g/mol. The first-order valence-electron chi connectivity index (χ1n) is 5.47. The van der Waals surface area contributed by atoms with Gasteiger partial charge in [-0.05, 0) is 24.3 Å². The van der Waals surface area contributed by atoms with Crippen LogP contribution in [0.25, 0.3) is 0 Å². The van der Waals surface area contributed by atoms with Crippen molar-refractivity contribution in [2.45, 2.75) is 11.5 Å². The summed E-state index contributed by atoms with van der Waals surface area (Å²) in [6.07, 6.45) is 0. The number of esters is 1. The summed E-state index contributed by atoms with van der Waals surface area (Å²) in [7, 11) is 0. The van der Waals surface area contributed by atoms with Gasteiger partial charge in [0.25, 0.3) is 0 Å². The highest BCUT2D eigenvalue weighted by Crippen LogP contribution is 2.22. The third-order valence-corrected chi connectivity index (χ3v) is 4.13. The van der Waals surface area contributed by atoms with Crippen molar-refractivity contribution in [3.05, 3.63) is 62.5 Å². The van der Waals surface area contributed by atoms with Crippen molar-refractivity contribution >= 4 is 50.5 Å².